The Morgan fingerprint density at radius 1 is 1.30 bits per heavy atom. The van der Waals surface area contributed by atoms with Crippen LogP contribution in [0.15, 0.2) is 54.4 Å². The molecule has 0 fully saturated rings. The van der Waals surface area contributed by atoms with E-state index in [9.17, 15) is 9.90 Å². The summed E-state index contributed by atoms with van der Waals surface area (Å²) in [6.07, 6.45) is 5.26. The minimum atomic E-state index is -0.250. The van der Waals surface area contributed by atoms with Gasteiger partial charge in [0, 0.05) is 17.8 Å². The van der Waals surface area contributed by atoms with Crippen molar-refractivity contribution in [1.29, 1.82) is 0 Å². The van der Waals surface area contributed by atoms with Crippen molar-refractivity contribution >= 4 is 11.6 Å². The van der Waals surface area contributed by atoms with Crippen molar-refractivity contribution in [2.75, 3.05) is 12.4 Å². The Morgan fingerprint density at radius 3 is 2.83 bits per heavy atom. The van der Waals surface area contributed by atoms with Crippen LogP contribution in [-0.2, 0) is 17.8 Å². The molecule has 0 spiro atoms. The van der Waals surface area contributed by atoms with E-state index in [1.54, 1.807) is 25.4 Å². The summed E-state index contributed by atoms with van der Waals surface area (Å²) in [5.74, 6) is 0.551. The molecule has 1 amide bonds. The van der Waals surface area contributed by atoms with Gasteiger partial charge in [0.2, 0.25) is 5.91 Å². The first-order chi connectivity index (χ1) is 11.1. The summed E-state index contributed by atoms with van der Waals surface area (Å²) >= 11 is 0. The first-order valence-electron chi connectivity index (χ1n) is 7.28. The van der Waals surface area contributed by atoms with Gasteiger partial charge in [0.25, 0.3) is 0 Å². The number of aliphatic hydroxyl groups excluding tert-OH is 1. The lowest BCUT2D eigenvalue weighted by atomic mass is 10.0. The molecule has 0 saturated carbocycles. The number of allylic oxidation sites excluding steroid dienone is 1. The van der Waals surface area contributed by atoms with Crippen molar-refractivity contribution < 1.29 is 14.6 Å². The van der Waals surface area contributed by atoms with Gasteiger partial charge in [-0.25, -0.2) is 0 Å². The van der Waals surface area contributed by atoms with Crippen LogP contribution in [0.1, 0.15) is 18.1 Å². The fourth-order valence-electron chi connectivity index (χ4n) is 2.27. The molecule has 0 unspecified atom stereocenters. The van der Waals surface area contributed by atoms with E-state index >= 15 is 0 Å². The Balaban J connectivity index is 2.07. The van der Waals surface area contributed by atoms with E-state index in [4.69, 9.17) is 4.74 Å². The summed E-state index contributed by atoms with van der Waals surface area (Å²) in [5, 5.41) is 12.0. The molecule has 0 aliphatic rings. The lowest BCUT2D eigenvalue weighted by molar-refractivity contribution is -0.112. The Kier molecular flexibility index (Phi) is 5.88. The van der Waals surface area contributed by atoms with Crippen molar-refractivity contribution in [2.45, 2.75) is 20.0 Å². The van der Waals surface area contributed by atoms with Crippen LogP contribution in [0.5, 0.6) is 5.75 Å². The Bertz CT molecular complexity index is 711. The number of ether oxygens (including phenoxy) is 1. The number of para-hydroxylation sites is 1. The Hall–Kier alpha value is -2.66. The van der Waals surface area contributed by atoms with E-state index in [1.807, 2.05) is 31.2 Å². The van der Waals surface area contributed by atoms with Gasteiger partial charge in [-0.1, -0.05) is 23.8 Å². The van der Waals surface area contributed by atoms with Gasteiger partial charge in [0.05, 0.1) is 25.6 Å². The number of methoxy groups -OCH3 is 1. The number of anilines is 1. The molecular formula is C18H20N2O3. The topological polar surface area (TPSA) is 71.5 Å². The van der Waals surface area contributed by atoms with Gasteiger partial charge in [-0.3, -0.25) is 9.78 Å². The number of hydrogen-bond acceptors (Lipinski definition) is 4. The van der Waals surface area contributed by atoms with Crippen LogP contribution in [0.2, 0.25) is 0 Å². The van der Waals surface area contributed by atoms with Crippen molar-refractivity contribution in [2.24, 2.45) is 0 Å². The summed E-state index contributed by atoms with van der Waals surface area (Å²) in [6, 6.07) is 9.38. The third-order valence-corrected chi connectivity index (χ3v) is 3.38. The quantitative estimate of drug-likeness (QED) is 0.805. The van der Waals surface area contributed by atoms with Gasteiger partial charge in [-0.15, -0.1) is 0 Å². The van der Waals surface area contributed by atoms with Gasteiger partial charge >= 0.3 is 0 Å². The SMILES string of the molecule is COc1ccccc1C/C(C)=C/C(=O)Nc1cnccc1CO. The number of carbonyl (C=O) groups excluding carboxylic acids is 1. The van der Waals surface area contributed by atoms with E-state index in [1.165, 1.54) is 6.20 Å². The molecule has 0 radical (unpaired) electrons. The summed E-state index contributed by atoms with van der Waals surface area (Å²) in [7, 11) is 1.63. The molecule has 5 heteroatoms. The van der Waals surface area contributed by atoms with Crippen LogP contribution < -0.4 is 10.1 Å². The van der Waals surface area contributed by atoms with Gasteiger partial charge in [0.15, 0.2) is 0 Å². The maximum absolute atomic E-state index is 12.1. The zero-order valence-corrected chi connectivity index (χ0v) is 13.2. The number of rotatable bonds is 6. The van der Waals surface area contributed by atoms with Crippen LogP contribution in [0.3, 0.4) is 0 Å². The number of carbonyl (C=O) groups is 1. The summed E-state index contributed by atoms with van der Waals surface area (Å²) < 4.78 is 5.31. The first-order valence-corrected chi connectivity index (χ1v) is 7.28. The number of aliphatic hydroxyl groups is 1. The fourth-order valence-corrected chi connectivity index (χ4v) is 2.27. The highest BCUT2D eigenvalue weighted by Gasteiger charge is 2.07. The third kappa shape index (κ3) is 4.66. The predicted molar refractivity (Wildman–Crippen MR) is 89.2 cm³/mol. The average molecular weight is 312 g/mol. The molecule has 23 heavy (non-hydrogen) atoms. The molecule has 1 aromatic carbocycles. The van der Waals surface area contributed by atoms with Gasteiger partial charge in [-0.05, 0) is 31.0 Å². The van der Waals surface area contributed by atoms with Crippen LogP contribution >= 0.6 is 0 Å². The normalized spacial score (nSPS) is 11.2. The summed E-state index contributed by atoms with van der Waals surface area (Å²) in [6.45, 7) is 1.74. The molecule has 0 bridgehead atoms. The summed E-state index contributed by atoms with van der Waals surface area (Å²) in [5.41, 5.74) is 3.07. The van der Waals surface area contributed by atoms with E-state index < -0.39 is 0 Å². The van der Waals surface area contributed by atoms with Gasteiger partial charge in [0.1, 0.15) is 5.75 Å². The minimum Gasteiger partial charge on any atom is -0.496 e. The number of benzene rings is 1. The Labute approximate surface area is 135 Å². The number of nitrogens with zero attached hydrogens (tertiary/aromatic N) is 1. The van der Waals surface area contributed by atoms with Crippen LogP contribution in [0.4, 0.5) is 5.69 Å². The number of pyridine rings is 1. The van der Waals surface area contributed by atoms with Crippen molar-refractivity contribution in [3.05, 3.63) is 65.5 Å². The molecular weight excluding hydrogens is 292 g/mol. The highest BCUT2D eigenvalue weighted by Crippen LogP contribution is 2.20. The molecule has 2 N–H and O–H groups in total. The molecule has 0 atom stereocenters. The fraction of sp³-hybridized carbons (Fsp3) is 0.222. The third-order valence-electron chi connectivity index (χ3n) is 3.38. The second-order valence-electron chi connectivity index (χ2n) is 5.16. The van der Waals surface area contributed by atoms with E-state index in [2.05, 4.69) is 10.3 Å². The lowest BCUT2D eigenvalue weighted by Gasteiger charge is -2.09. The molecule has 5 nitrogen and oxygen atoms in total. The van der Waals surface area contributed by atoms with Crippen molar-refractivity contribution in [1.82, 2.24) is 4.98 Å². The molecule has 1 heterocycles. The number of nitrogens with one attached hydrogen (secondary N) is 1. The molecule has 120 valence electrons. The van der Waals surface area contributed by atoms with Crippen LogP contribution in [-0.4, -0.2) is 23.1 Å². The lowest BCUT2D eigenvalue weighted by Crippen LogP contribution is -2.11. The van der Waals surface area contributed by atoms with Gasteiger partial charge < -0.3 is 15.2 Å². The number of aromatic nitrogens is 1. The average Bonchev–Trinajstić information content (AvgIpc) is 2.55. The zero-order chi connectivity index (χ0) is 16.7. The zero-order valence-electron chi connectivity index (χ0n) is 13.2. The second-order valence-corrected chi connectivity index (χ2v) is 5.16. The van der Waals surface area contributed by atoms with E-state index in [0.29, 0.717) is 17.7 Å². The van der Waals surface area contributed by atoms with E-state index in [-0.39, 0.29) is 12.5 Å². The van der Waals surface area contributed by atoms with Crippen LogP contribution in [0.25, 0.3) is 0 Å². The number of hydrogen-bond donors (Lipinski definition) is 2. The Morgan fingerprint density at radius 2 is 2.09 bits per heavy atom. The largest absolute Gasteiger partial charge is 0.496 e. The second kappa shape index (κ2) is 8.10. The highest BCUT2D eigenvalue weighted by atomic mass is 16.5. The predicted octanol–water partition coefficient (Wildman–Crippen LogP) is 2.71. The maximum Gasteiger partial charge on any atom is 0.248 e. The standard InChI is InChI=1S/C18H20N2O3/c1-13(9-14-5-3-4-6-17(14)23-2)10-18(22)20-16-11-19-8-7-15(16)12-21/h3-8,10-11,21H,9,12H2,1-2H3,(H,20,22)/b13-10+. The minimum absolute atomic E-state index is 0.151. The monoisotopic (exact) mass is 312 g/mol. The molecule has 0 saturated heterocycles. The van der Waals surface area contributed by atoms with E-state index in [0.717, 1.165) is 16.9 Å². The maximum atomic E-state index is 12.1. The molecule has 2 aromatic rings. The van der Waals surface area contributed by atoms with Crippen molar-refractivity contribution in [3.63, 3.8) is 0 Å². The first kappa shape index (κ1) is 16.7. The molecule has 0 aliphatic carbocycles. The molecule has 1 aromatic heterocycles. The van der Waals surface area contributed by atoms with Gasteiger partial charge in [-0.2, -0.15) is 0 Å². The molecule has 0 aliphatic heterocycles. The smallest absolute Gasteiger partial charge is 0.248 e. The number of amides is 1. The highest BCUT2D eigenvalue weighted by molar-refractivity contribution is 6.00. The summed E-state index contributed by atoms with van der Waals surface area (Å²) in [4.78, 5) is 16.1. The van der Waals surface area contributed by atoms with Crippen LogP contribution in [0, 0.1) is 0 Å². The molecule has 2 rings (SSSR count). The van der Waals surface area contributed by atoms with Crippen molar-refractivity contribution in [3.8, 4) is 5.75 Å².